The van der Waals surface area contributed by atoms with E-state index in [0.717, 1.165) is 11.1 Å². The van der Waals surface area contributed by atoms with Gasteiger partial charge in [0.1, 0.15) is 17.3 Å². The molecule has 4 nitrogen and oxygen atoms in total. The number of benzene rings is 2. The highest BCUT2D eigenvalue weighted by Crippen LogP contribution is 2.02. The smallest absolute Gasteiger partial charge is 0.276 e. The third-order valence-corrected chi connectivity index (χ3v) is 3.87. The van der Waals surface area contributed by atoms with Crippen LogP contribution in [0.15, 0.2) is 78.1 Å². The van der Waals surface area contributed by atoms with Crippen molar-refractivity contribution in [2.45, 2.75) is 0 Å². The van der Waals surface area contributed by atoms with Crippen molar-refractivity contribution in [1.82, 2.24) is 9.55 Å². The lowest BCUT2D eigenvalue weighted by molar-refractivity contribution is 0.338. The molecule has 4 heteroatoms. The summed E-state index contributed by atoms with van der Waals surface area (Å²) in [6.45, 7) is 3.99. The van der Waals surface area contributed by atoms with Gasteiger partial charge in [0, 0.05) is 7.05 Å². The fraction of sp³-hybridized carbons (Fsp3) is 0.0909. The standard InChI is InChI=1S/C22H20N2O2/c1-3-14-26-21-20(16-18-12-8-5-9-13-18)24(2)22(25)19(23-21)15-17-10-6-4-7-11-17/h3-13,15-16H,1,14H2,2H3/b19-15-,20-16-. The molecular weight excluding hydrogens is 324 g/mol. The Balaban J connectivity index is 2.24. The first kappa shape index (κ1) is 17.4. The number of hydrogen-bond donors (Lipinski definition) is 0. The largest absolute Gasteiger partial charge is 0.472 e. The van der Waals surface area contributed by atoms with Crippen LogP contribution in [0.2, 0.25) is 0 Å². The molecular formula is C22H20N2O2. The molecule has 1 aromatic heterocycles. The van der Waals surface area contributed by atoms with Gasteiger partial charge in [0.15, 0.2) is 0 Å². The number of hydrogen-bond acceptors (Lipinski definition) is 3. The van der Waals surface area contributed by atoms with Gasteiger partial charge in [-0.1, -0.05) is 73.3 Å². The van der Waals surface area contributed by atoms with Crippen LogP contribution in [0, 0.1) is 0 Å². The quantitative estimate of drug-likeness (QED) is 0.665. The second-order valence-corrected chi connectivity index (χ2v) is 5.76. The van der Waals surface area contributed by atoms with Crippen LogP contribution >= 0.6 is 0 Å². The van der Waals surface area contributed by atoms with Crippen molar-refractivity contribution in [2.75, 3.05) is 6.61 Å². The first-order chi connectivity index (χ1) is 12.7. The molecule has 0 atom stereocenters. The zero-order valence-electron chi connectivity index (χ0n) is 14.6. The van der Waals surface area contributed by atoms with E-state index in [1.807, 2.05) is 66.7 Å². The Morgan fingerprint density at radius 3 is 2.15 bits per heavy atom. The van der Waals surface area contributed by atoms with Crippen molar-refractivity contribution in [1.29, 1.82) is 0 Å². The molecule has 0 aliphatic rings. The fourth-order valence-electron chi connectivity index (χ4n) is 2.55. The third kappa shape index (κ3) is 3.98. The van der Waals surface area contributed by atoms with Gasteiger partial charge in [-0.05, 0) is 23.3 Å². The van der Waals surface area contributed by atoms with E-state index in [9.17, 15) is 4.79 Å². The summed E-state index contributed by atoms with van der Waals surface area (Å²) in [5.74, 6) is 0.401. The highest BCUT2D eigenvalue weighted by molar-refractivity contribution is 5.51. The summed E-state index contributed by atoms with van der Waals surface area (Å²) < 4.78 is 7.30. The van der Waals surface area contributed by atoms with Gasteiger partial charge in [-0.25, -0.2) is 4.98 Å². The molecule has 0 N–H and O–H groups in total. The Morgan fingerprint density at radius 1 is 1.00 bits per heavy atom. The van der Waals surface area contributed by atoms with E-state index in [1.165, 1.54) is 0 Å². The predicted molar refractivity (Wildman–Crippen MR) is 104 cm³/mol. The Bertz CT molecular complexity index is 1070. The molecule has 0 spiro atoms. The van der Waals surface area contributed by atoms with Crippen LogP contribution in [-0.4, -0.2) is 16.2 Å². The van der Waals surface area contributed by atoms with E-state index in [0.29, 0.717) is 23.2 Å². The first-order valence-electron chi connectivity index (χ1n) is 8.33. The van der Waals surface area contributed by atoms with Gasteiger partial charge in [0.2, 0.25) is 5.88 Å². The van der Waals surface area contributed by atoms with Gasteiger partial charge in [-0.3, -0.25) is 4.79 Å². The van der Waals surface area contributed by atoms with Gasteiger partial charge in [-0.2, -0.15) is 0 Å². The van der Waals surface area contributed by atoms with Crippen LogP contribution in [0.5, 0.6) is 5.88 Å². The van der Waals surface area contributed by atoms with E-state index in [1.54, 1.807) is 23.8 Å². The maximum absolute atomic E-state index is 12.8. The molecule has 0 aliphatic carbocycles. The Labute approximate surface area is 152 Å². The molecule has 0 saturated carbocycles. The molecule has 0 unspecified atom stereocenters. The van der Waals surface area contributed by atoms with Crippen molar-refractivity contribution in [2.24, 2.45) is 7.05 Å². The van der Waals surface area contributed by atoms with Gasteiger partial charge in [0.25, 0.3) is 5.56 Å². The molecule has 3 rings (SSSR count). The number of rotatable bonds is 5. The first-order valence-corrected chi connectivity index (χ1v) is 8.33. The summed E-state index contributed by atoms with van der Waals surface area (Å²) in [5, 5.41) is 0.955. The van der Waals surface area contributed by atoms with Gasteiger partial charge in [-0.15, -0.1) is 0 Å². The van der Waals surface area contributed by atoms with E-state index in [4.69, 9.17) is 4.74 Å². The molecule has 26 heavy (non-hydrogen) atoms. The Kier molecular flexibility index (Phi) is 5.44. The molecule has 2 aromatic carbocycles. The normalized spacial score (nSPS) is 12.2. The minimum absolute atomic E-state index is 0.179. The van der Waals surface area contributed by atoms with Crippen molar-refractivity contribution in [3.63, 3.8) is 0 Å². The second kappa shape index (κ2) is 8.12. The molecule has 0 saturated heterocycles. The van der Waals surface area contributed by atoms with Crippen LogP contribution in [0.3, 0.4) is 0 Å². The van der Waals surface area contributed by atoms with E-state index >= 15 is 0 Å². The monoisotopic (exact) mass is 344 g/mol. The van der Waals surface area contributed by atoms with Crippen LogP contribution < -0.4 is 21.0 Å². The van der Waals surface area contributed by atoms with Crippen molar-refractivity contribution in [3.8, 4) is 5.88 Å². The Morgan fingerprint density at radius 2 is 1.58 bits per heavy atom. The number of aromatic nitrogens is 2. The highest BCUT2D eigenvalue weighted by atomic mass is 16.5. The van der Waals surface area contributed by atoms with Crippen molar-refractivity contribution < 1.29 is 4.74 Å². The highest BCUT2D eigenvalue weighted by Gasteiger charge is 2.07. The fourth-order valence-corrected chi connectivity index (χ4v) is 2.55. The third-order valence-electron chi connectivity index (χ3n) is 3.87. The predicted octanol–water partition coefficient (Wildman–Crippen LogP) is 2.00. The van der Waals surface area contributed by atoms with Gasteiger partial charge in [0.05, 0.1) is 0 Å². The van der Waals surface area contributed by atoms with E-state index < -0.39 is 0 Å². The minimum Gasteiger partial charge on any atom is -0.472 e. The lowest BCUT2D eigenvalue weighted by Crippen LogP contribution is -2.44. The van der Waals surface area contributed by atoms with Crippen LogP contribution in [0.1, 0.15) is 11.1 Å². The molecule has 0 aliphatic heterocycles. The van der Waals surface area contributed by atoms with Gasteiger partial charge < -0.3 is 9.30 Å². The van der Waals surface area contributed by atoms with Crippen LogP contribution in [-0.2, 0) is 7.05 Å². The van der Waals surface area contributed by atoms with Gasteiger partial charge >= 0.3 is 0 Å². The molecule has 0 radical (unpaired) electrons. The molecule has 1 heterocycles. The summed E-state index contributed by atoms with van der Waals surface area (Å²) in [4.78, 5) is 17.3. The average Bonchev–Trinajstić information content (AvgIpc) is 2.68. The molecule has 3 aromatic rings. The lowest BCUT2D eigenvalue weighted by atomic mass is 10.2. The maximum atomic E-state index is 12.8. The number of nitrogens with zero attached hydrogens (tertiary/aromatic N) is 2. The van der Waals surface area contributed by atoms with E-state index in [2.05, 4.69) is 11.6 Å². The minimum atomic E-state index is -0.179. The zero-order valence-corrected chi connectivity index (χ0v) is 14.6. The lowest BCUT2D eigenvalue weighted by Gasteiger charge is -2.08. The van der Waals surface area contributed by atoms with Crippen molar-refractivity contribution in [3.05, 3.63) is 105 Å². The molecule has 0 bridgehead atoms. The second-order valence-electron chi connectivity index (χ2n) is 5.76. The van der Waals surface area contributed by atoms with E-state index in [-0.39, 0.29) is 5.56 Å². The summed E-state index contributed by atoms with van der Waals surface area (Å²) in [6.07, 6.45) is 5.30. The summed E-state index contributed by atoms with van der Waals surface area (Å²) >= 11 is 0. The summed E-state index contributed by atoms with van der Waals surface area (Å²) in [5.41, 5.74) is 1.70. The molecule has 0 fully saturated rings. The van der Waals surface area contributed by atoms with Crippen LogP contribution in [0.4, 0.5) is 0 Å². The summed E-state index contributed by atoms with van der Waals surface area (Å²) in [7, 11) is 1.72. The Hall–Kier alpha value is -3.40. The SMILES string of the molecule is C=CCOc1n/c(=C\c2ccccc2)c(=O)n(C)/c1=C\c1ccccc1. The molecule has 130 valence electrons. The summed E-state index contributed by atoms with van der Waals surface area (Å²) in [6, 6.07) is 19.4. The zero-order chi connectivity index (χ0) is 18.4. The molecule has 0 amide bonds. The number of ether oxygens (including phenoxy) is 1. The van der Waals surface area contributed by atoms with Crippen LogP contribution in [0.25, 0.3) is 12.2 Å². The van der Waals surface area contributed by atoms with Crippen molar-refractivity contribution >= 4 is 12.2 Å². The average molecular weight is 344 g/mol. The maximum Gasteiger partial charge on any atom is 0.276 e. The topological polar surface area (TPSA) is 44.1 Å².